The van der Waals surface area contributed by atoms with Crippen LogP contribution in [0.5, 0.6) is 0 Å². The number of nitrogen functional groups attached to an aromatic ring is 1. The van der Waals surface area contributed by atoms with Gasteiger partial charge in [-0.2, -0.15) is 0 Å². The molecule has 2 fully saturated rings. The SMILES string of the molecule is Cn1c(-c2ccccn2)c(C2CCN(C(=O)C3CCN(Cc4ccnc(N)c4)CC3)CC2)c2c1=CCCC=2. The van der Waals surface area contributed by atoms with E-state index in [1.165, 1.54) is 27.4 Å². The Balaban J connectivity index is 1.12. The third kappa shape index (κ3) is 4.87. The number of carbonyl (C=O) groups is 1. The fourth-order valence-electron chi connectivity index (χ4n) is 6.72. The Labute approximate surface area is 224 Å². The van der Waals surface area contributed by atoms with E-state index in [9.17, 15) is 4.79 Å². The van der Waals surface area contributed by atoms with Crippen LogP contribution in [-0.4, -0.2) is 56.4 Å². The number of piperidine rings is 2. The lowest BCUT2D eigenvalue weighted by molar-refractivity contribution is -0.138. The highest BCUT2D eigenvalue weighted by atomic mass is 16.2. The van der Waals surface area contributed by atoms with Crippen LogP contribution < -0.4 is 16.3 Å². The van der Waals surface area contributed by atoms with Gasteiger partial charge in [-0.05, 0) is 98.1 Å². The van der Waals surface area contributed by atoms with Crippen LogP contribution in [0.1, 0.15) is 55.6 Å². The Bertz CT molecular complexity index is 1410. The molecule has 5 heterocycles. The third-order valence-corrected chi connectivity index (χ3v) is 8.68. The minimum Gasteiger partial charge on any atom is -0.384 e. The predicted octanol–water partition coefficient (Wildman–Crippen LogP) is 3.04. The molecular formula is C31H38N6O. The second-order valence-corrected chi connectivity index (χ2v) is 11.1. The van der Waals surface area contributed by atoms with Gasteiger partial charge in [0.15, 0.2) is 0 Å². The zero-order chi connectivity index (χ0) is 26.1. The molecular weight excluding hydrogens is 472 g/mol. The molecule has 0 bridgehead atoms. The third-order valence-electron chi connectivity index (χ3n) is 8.68. The van der Waals surface area contributed by atoms with Gasteiger partial charge in [-0.15, -0.1) is 0 Å². The normalized spacial score (nSPS) is 19.0. The summed E-state index contributed by atoms with van der Waals surface area (Å²) in [6.07, 6.45) is 14.5. The maximum atomic E-state index is 13.5. The van der Waals surface area contributed by atoms with Crippen LogP contribution in [0.2, 0.25) is 0 Å². The molecule has 3 aromatic rings. The van der Waals surface area contributed by atoms with E-state index in [4.69, 9.17) is 10.7 Å². The molecule has 1 amide bonds. The average molecular weight is 511 g/mol. The summed E-state index contributed by atoms with van der Waals surface area (Å²) in [4.78, 5) is 26.9. The van der Waals surface area contributed by atoms with Gasteiger partial charge in [-0.1, -0.05) is 18.2 Å². The van der Waals surface area contributed by atoms with Crippen molar-refractivity contribution in [1.29, 1.82) is 0 Å². The zero-order valence-corrected chi connectivity index (χ0v) is 22.4. The number of fused-ring (bicyclic) bond motifs is 1. The van der Waals surface area contributed by atoms with Crippen LogP contribution in [0, 0.1) is 5.92 Å². The van der Waals surface area contributed by atoms with Gasteiger partial charge in [0.1, 0.15) is 5.82 Å². The van der Waals surface area contributed by atoms with Gasteiger partial charge in [-0.25, -0.2) is 4.98 Å². The van der Waals surface area contributed by atoms with E-state index in [1.54, 1.807) is 6.20 Å². The van der Waals surface area contributed by atoms with E-state index >= 15 is 0 Å². The molecule has 6 rings (SSSR count). The van der Waals surface area contributed by atoms with Crippen LogP contribution in [0.25, 0.3) is 23.5 Å². The van der Waals surface area contributed by atoms with Gasteiger partial charge in [0, 0.05) is 50.3 Å². The fourth-order valence-corrected chi connectivity index (χ4v) is 6.72. The van der Waals surface area contributed by atoms with E-state index in [2.05, 4.69) is 50.7 Å². The Morgan fingerprint density at radius 2 is 1.76 bits per heavy atom. The molecule has 7 heteroatoms. The van der Waals surface area contributed by atoms with Crippen LogP contribution in [0.3, 0.4) is 0 Å². The average Bonchev–Trinajstić information content (AvgIpc) is 3.26. The Kier molecular flexibility index (Phi) is 7.02. The van der Waals surface area contributed by atoms with Crippen molar-refractivity contribution >= 4 is 23.9 Å². The molecule has 2 saturated heterocycles. The summed E-state index contributed by atoms with van der Waals surface area (Å²) >= 11 is 0. The summed E-state index contributed by atoms with van der Waals surface area (Å²) in [7, 11) is 2.18. The van der Waals surface area contributed by atoms with Crippen molar-refractivity contribution in [2.75, 3.05) is 31.9 Å². The van der Waals surface area contributed by atoms with Crippen LogP contribution in [0.15, 0.2) is 42.7 Å². The number of hydrogen-bond donors (Lipinski definition) is 1. The largest absolute Gasteiger partial charge is 0.384 e. The van der Waals surface area contributed by atoms with Crippen molar-refractivity contribution in [2.24, 2.45) is 13.0 Å². The molecule has 2 N–H and O–H groups in total. The molecule has 0 spiro atoms. The maximum absolute atomic E-state index is 13.5. The first-order chi connectivity index (χ1) is 18.6. The molecule has 38 heavy (non-hydrogen) atoms. The van der Waals surface area contributed by atoms with Gasteiger partial charge < -0.3 is 15.2 Å². The molecule has 3 aliphatic rings. The lowest BCUT2D eigenvalue weighted by Gasteiger charge is -2.37. The minimum absolute atomic E-state index is 0.141. The number of carbonyl (C=O) groups excluding carboxylic acids is 1. The van der Waals surface area contributed by atoms with E-state index in [-0.39, 0.29) is 5.92 Å². The number of aromatic nitrogens is 3. The molecule has 2 aliphatic heterocycles. The Morgan fingerprint density at radius 1 is 0.974 bits per heavy atom. The lowest BCUT2D eigenvalue weighted by atomic mass is 9.86. The first-order valence-corrected chi connectivity index (χ1v) is 14.1. The quantitative estimate of drug-likeness (QED) is 0.571. The smallest absolute Gasteiger partial charge is 0.225 e. The first-order valence-electron chi connectivity index (χ1n) is 14.1. The van der Waals surface area contributed by atoms with E-state index in [0.717, 1.165) is 76.9 Å². The Hall–Kier alpha value is -3.45. The van der Waals surface area contributed by atoms with Crippen LogP contribution in [0.4, 0.5) is 5.82 Å². The highest BCUT2D eigenvalue weighted by Crippen LogP contribution is 2.33. The van der Waals surface area contributed by atoms with Crippen molar-refractivity contribution < 1.29 is 4.79 Å². The summed E-state index contributed by atoms with van der Waals surface area (Å²) in [6, 6.07) is 10.1. The molecule has 198 valence electrons. The maximum Gasteiger partial charge on any atom is 0.225 e. The minimum atomic E-state index is 0.141. The number of nitrogens with zero attached hydrogens (tertiary/aromatic N) is 5. The number of hydrogen-bond acceptors (Lipinski definition) is 5. The monoisotopic (exact) mass is 510 g/mol. The van der Waals surface area contributed by atoms with Crippen molar-refractivity contribution in [3.8, 4) is 11.4 Å². The van der Waals surface area contributed by atoms with Crippen LogP contribution in [-0.2, 0) is 18.4 Å². The second kappa shape index (κ2) is 10.7. The van der Waals surface area contributed by atoms with Crippen molar-refractivity contribution in [3.05, 3.63) is 64.4 Å². The van der Waals surface area contributed by atoms with Gasteiger partial charge >= 0.3 is 0 Å². The Morgan fingerprint density at radius 3 is 2.50 bits per heavy atom. The second-order valence-electron chi connectivity index (χ2n) is 11.1. The van der Waals surface area contributed by atoms with Gasteiger partial charge in [0.05, 0.1) is 11.4 Å². The summed E-state index contributed by atoms with van der Waals surface area (Å²) in [5, 5.41) is 2.72. The van der Waals surface area contributed by atoms with Crippen molar-refractivity contribution in [3.63, 3.8) is 0 Å². The molecule has 1 aliphatic carbocycles. The highest BCUT2D eigenvalue weighted by molar-refractivity contribution is 5.79. The fraction of sp³-hybridized carbons (Fsp3) is 0.452. The standard InChI is InChI=1S/C31H38N6O/c1-35-27-8-3-2-6-25(27)29(30(35)26-7-4-5-14-33-26)23-12-18-37(19-13-23)31(38)24-10-16-36(17-11-24)21-22-9-15-34-28(32)20-22/h4-9,14-15,20,23-24H,2-3,10-13,16-19,21H2,1H3,(H2,32,34). The highest BCUT2D eigenvalue weighted by Gasteiger charge is 2.33. The zero-order valence-electron chi connectivity index (χ0n) is 22.4. The molecule has 0 unspecified atom stereocenters. The van der Waals surface area contributed by atoms with Gasteiger partial charge in [0.25, 0.3) is 0 Å². The number of amides is 1. The van der Waals surface area contributed by atoms with E-state index in [1.807, 2.05) is 24.4 Å². The lowest BCUT2D eigenvalue weighted by Crippen LogP contribution is -2.45. The number of likely N-dealkylation sites (tertiary alicyclic amines) is 2. The van der Waals surface area contributed by atoms with E-state index in [0.29, 0.717) is 17.6 Å². The van der Waals surface area contributed by atoms with E-state index < -0.39 is 0 Å². The number of pyridine rings is 2. The van der Waals surface area contributed by atoms with Crippen molar-refractivity contribution in [1.82, 2.24) is 24.3 Å². The molecule has 7 nitrogen and oxygen atoms in total. The molecule has 3 aromatic heterocycles. The molecule has 0 radical (unpaired) electrons. The number of anilines is 1. The van der Waals surface area contributed by atoms with Gasteiger partial charge in [-0.3, -0.25) is 14.7 Å². The summed E-state index contributed by atoms with van der Waals surface area (Å²) in [5.41, 5.74) is 10.8. The topological polar surface area (TPSA) is 80.3 Å². The number of rotatable bonds is 5. The van der Waals surface area contributed by atoms with Crippen molar-refractivity contribution in [2.45, 2.75) is 51.0 Å². The first kappa shape index (κ1) is 24.9. The summed E-state index contributed by atoms with van der Waals surface area (Å²) < 4.78 is 2.34. The predicted molar refractivity (Wildman–Crippen MR) is 151 cm³/mol. The molecule has 0 saturated carbocycles. The molecule has 0 atom stereocenters. The number of nitrogens with two attached hydrogens (primary N) is 1. The molecule has 0 aromatic carbocycles. The summed E-state index contributed by atoms with van der Waals surface area (Å²) in [5.74, 6) is 1.51. The van der Waals surface area contributed by atoms with Crippen LogP contribution >= 0.6 is 0 Å². The van der Waals surface area contributed by atoms with Gasteiger partial charge in [0.2, 0.25) is 5.91 Å². The summed E-state index contributed by atoms with van der Waals surface area (Å²) in [6.45, 7) is 4.45.